The van der Waals surface area contributed by atoms with Gasteiger partial charge >= 0.3 is 0 Å². The summed E-state index contributed by atoms with van der Waals surface area (Å²) >= 11 is 0. The summed E-state index contributed by atoms with van der Waals surface area (Å²) in [5.41, 5.74) is -0.303. The Hall–Kier alpha value is -1.06. The second kappa shape index (κ2) is 4.09. The number of amides is 1. The molecule has 0 heterocycles. The van der Waals surface area contributed by atoms with Crippen molar-refractivity contribution in [3.63, 3.8) is 0 Å². The van der Waals surface area contributed by atoms with E-state index >= 15 is 0 Å². The van der Waals surface area contributed by atoms with Crippen LogP contribution in [0.15, 0.2) is 0 Å². The first-order valence-electron chi connectivity index (χ1n) is 3.82. The quantitative estimate of drug-likeness (QED) is 0.620. The van der Waals surface area contributed by atoms with E-state index in [0.29, 0.717) is 0 Å². The van der Waals surface area contributed by atoms with Crippen molar-refractivity contribution in [2.75, 3.05) is 0 Å². The van der Waals surface area contributed by atoms with Crippen molar-refractivity contribution in [2.45, 2.75) is 39.2 Å². The summed E-state index contributed by atoms with van der Waals surface area (Å²) in [5, 5.41) is 12.6. The molecule has 0 bridgehead atoms. The van der Waals surface area contributed by atoms with Gasteiger partial charge in [-0.3, -0.25) is 4.79 Å². The largest absolute Gasteiger partial charge is 0.550 e. The summed E-state index contributed by atoms with van der Waals surface area (Å²) in [6.07, 6.45) is -0.235. The molecular weight excluding hydrogens is 158 g/mol. The zero-order valence-corrected chi connectivity index (χ0v) is 7.64. The third kappa shape index (κ3) is 7.05. The predicted octanol–water partition coefficient (Wildman–Crippen LogP) is -0.569. The second-order valence-electron chi connectivity index (χ2n) is 3.67. The topological polar surface area (TPSA) is 69.2 Å². The van der Waals surface area contributed by atoms with E-state index in [1.54, 1.807) is 0 Å². The monoisotopic (exact) mass is 172 g/mol. The maximum atomic E-state index is 11.0. The fraction of sp³-hybridized carbons (Fsp3) is 0.750. The normalized spacial score (nSPS) is 10.9. The van der Waals surface area contributed by atoms with Crippen molar-refractivity contribution in [3.05, 3.63) is 0 Å². The Balaban J connectivity index is 3.68. The van der Waals surface area contributed by atoms with Crippen molar-refractivity contribution in [1.29, 1.82) is 0 Å². The van der Waals surface area contributed by atoms with Crippen molar-refractivity contribution in [2.24, 2.45) is 0 Å². The molecule has 0 radical (unpaired) electrons. The maximum Gasteiger partial charge on any atom is 0.220 e. The van der Waals surface area contributed by atoms with Crippen LogP contribution in [0, 0.1) is 0 Å². The molecule has 0 aromatic heterocycles. The van der Waals surface area contributed by atoms with E-state index in [1.807, 2.05) is 20.8 Å². The Bertz CT molecular complexity index is 181. The number of nitrogens with one attached hydrogen (secondary N) is 1. The van der Waals surface area contributed by atoms with Gasteiger partial charge in [0.1, 0.15) is 0 Å². The average Bonchev–Trinajstić information content (AvgIpc) is 1.79. The number of carbonyl (C=O) groups excluding carboxylic acids is 2. The van der Waals surface area contributed by atoms with Crippen molar-refractivity contribution in [1.82, 2.24) is 5.32 Å². The van der Waals surface area contributed by atoms with Crippen LogP contribution in [0.25, 0.3) is 0 Å². The lowest BCUT2D eigenvalue weighted by molar-refractivity contribution is -0.305. The standard InChI is InChI=1S/C8H15NO3/c1-8(2,3)9-6(10)4-5-7(11)12/h4-5H2,1-3H3,(H,9,10)(H,11,12)/p-1. The van der Waals surface area contributed by atoms with Crippen LogP contribution in [0.5, 0.6) is 0 Å². The molecule has 0 unspecified atom stereocenters. The van der Waals surface area contributed by atoms with Crippen LogP contribution in [0.3, 0.4) is 0 Å². The Morgan fingerprint density at radius 2 is 1.75 bits per heavy atom. The van der Waals surface area contributed by atoms with E-state index in [2.05, 4.69) is 5.32 Å². The summed E-state index contributed by atoms with van der Waals surface area (Å²) in [6.45, 7) is 5.51. The molecule has 0 aliphatic heterocycles. The number of carboxylic acid groups (broad SMARTS) is 1. The van der Waals surface area contributed by atoms with Gasteiger partial charge in [0.05, 0.1) is 0 Å². The van der Waals surface area contributed by atoms with Crippen LogP contribution in [0.1, 0.15) is 33.6 Å². The van der Waals surface area contributed by atoms with Crippen molar-refractivity contribution in [3.8, 4) is 0 Å². The molecule has 0 fully saturated rings. The van der Waals surface area contributed by atoms with E-state index < -0.39 is 5.97 Å². The fourth-order valence-corrected chi connectivity index (χ4v) is 0.696. The Labute approximate surface area is 72.0 Å². The zero-order chi connectivity index (χ0) is 9.78. The van der Waals surface area contributed by atoms with Crippen molar-refractivity contribution < 1.29 is 14.7 Å². The van der Waals surface area contributed by atoms with E-state index in [9.17, 15) is 14.7 Å². The highest BCUT2D eigenvalue weighted by atomic mass is 16.4. The Kier molecular flexibility index (Phi) is 3.73. The average molecular weight is 172 g/mol. The first-order chi connectivity index (χ1) is 5.31. The van der Waals surface area contributed by atoms with Gasteiger partial charge in [0.15, 0.2) is 0 Å². The number of hydrogen-bond donors (Lipinski definition) is 1. The van der Waals surface area contributed by atoms with E-state index in [4.69, 9.17) is 0 Å². The van der Waals surface area contributed by atoms with Crippen LogP contribution >= 0.6 is 0 Å². The minimum absolute atomic E-state index is 0.0143. The molecule has 4 nitrogen and oxygen atoms in total. The number of hydrogen-bond acceptors (Lipinski definition) is 3. The highest BCUT2D eigenvalue weighted by molar-refractivity contribution is 5.80. The van der Waals surface area contributed by atoms with Crippen molar-refractivity contribution >= 4 is 11.9 Å². The molecule has 0 aliphatic rings. The molecule has 0 saturated heterocycles. The van der Waals surface area contributed by atoms with Gasteiger partial charge in [-0.1, -0.05) is 0 Å². The summed E-state index contributed by atoms with van der Waals surface area (Å²) in [7, 11) is 0. The van der Waals surface area contributed by atoms with Gasteiger partial charge in [-0.05, 0) is 27.2 Å². The number of rotatable bonds is 3. The molecule has 0 aromatic carbocycles. The third-order valence-corrected chi connectivity index (χ3v) is 1.07. The minimum atomic E-state index is -1.20. The summed E-state index contributed by atoms with van der Waals surface area (Å²) in [6, 6.07) is 0. The zero-order valence-electron chi connectivity index (χ0n) is 7.64. The van der Waals surface area contributed by atoms with Crippen LogP contribution in [0.4, 0.5) is 0 Å². The molecule has 0 spiro atoms. The van der Waals surface area contributed by atoms with E-state index in [-0.39, 0.29) is 24.3 Å². The molecular formula is C8H14NO3-. The van der Waals surface area contributed by atoms with Crippen LogP contribution in [-0.4, -0.2) is 17.4 Å². The maximum absolute atomic E-state index is 11.0. The van der Waals surface area contributed by atoms with Crippen LogP contribution in [0.2, 0.25) is 0 Å². The highest BCUT2D eigenvalue weighted by Gasteiger charge is 2.12. The van der Waals surface area contributed by atoms with Gasteiger partial charge in [-0.25, -0.2) is 0 Å². The number of carbonyl (C=O) groups is 2. The van der Waals surface area contributed by atoms with E-state index in [1.165, 1.54) is 0 Å². The van der Waals surface area contributed by atoms with Gasteiger partial charge in [-0.15, -0.1) is 0 Å². The molecule has 0 rings (SSSR count). The lowest BCUT2D eigenvalue weighted by Gasteiger charge is -2.20. The molecule has 0 aliphatic carbocycles. The fourth-order valence-electron chi connectivity index (χ4n) is 0.696. The van der Waals surface area contributed by atoms with Gasteiger partial charge in [0.2, 0.25) is 5.91 Å². The Morgan fingerprint density at radius 3 is 2.08 bits per heavy atom. The minimum Gasteiger partial charge on any atom is -0.550 e. The number of carboxylic acids is 1. The molecule has 12 heavy (non-hydrogen) atoms. The van der Waals surface area contributed by atoms with E-state index in [0.717, 1.165) is 0 Å². The number of aliphatic carboxylic acids is 1. The summed E-state index contributed by atoms with van der Waals surface area (Å²) in [4.78, 5) is 20.9. The van der Waals surface area contributed by atoms with Gasteiger partial charge < -0.3 is 15.2 Å². The van der Waals surface area contributed by atoms with Gasteiger partial charge in [0, 0.05) is 17.9 Å². The van der Waals surface area contributed by atoms with Gasteiger partial charge in [-0.2, -0.15) is 0 Å². The SMILES string of the molecule is CC(C)(C)NC(=O)CCC(=O)[O-]. The first-order valence-corrected chi connectivity index (χ1v) is 3.82. The third-order valence-electron chi connectivity index (χ3n) is 1.07. The lowest BCUT2D eigenvalue weighted by atomic mass is 10.1. The highest BCUT2D eigenvalue weighted by Crippen LogP contribution is 1.99. The molecule has 1 N–H and O–H groups in total. The first kappa shape index (κ1) is 10.9. The molecule has 0 atom stereocenters. The Morgan fingerprint density at radius 1 is 1.25 bits per heavy atom. The summed E-state index contributed by atoms with van der Waals surface area (Å²) < 4.78 is 0. The van der Waals surface area contributed by atoms with Gasteiger partial charge in [0.25, 0.3) is 0 Å². The molecule has 0 saturated carbocycles. The molecule has 4 heteroatoms. The molecule has 1 amide bonds. The van der Waals surface area contributed by atoms with Crippen LogP contribution < -0.4 is 10.4 Å². The predicted molar refractivity (Wildman–Crippen MR) is 42.1 cm³/mol. The molecule has 0 aromatic rings. The van der Waals surface area contributed by atoms with Crippen LogP contribution in [-0.2, 0) is 9.59 Å². The smallest absolute Gasteiger partial charge is 0.220 e. The molecule has 70 valence electrons. The lowest BCUT2D eigenvalue weighted by Crippen LogP contribution is -2.41. The summed E-state index contributed by atoms with van der Waals surface area (Å²) in [5.74, 6) is -1.45. The second-order valence-corrected chi connectivity index (χ2v) is 3.67.